The molecule has 1 aromatic carbocycles. The van der Waals surface area contributed by atoms with Crippen LogP contribution in [-0.2, 0) is 16.0 Å². The van der Waals surface area contributed by atoms with Gasteiger partial charge in [0.1, 0.15) is 0 Å². The number of anilines is 1. The highest BCUT2D eigenvalue weighted by Crippen LogP contribution is 2.37. The molecular formula is C25H42ClN3O3. The molecule has 0 radical (unpaired) electrons. The van der Waals surface area contributed by atoms with Crippen molar-refractivity contribution in [3.8, 4) is 5.75 Å². The second-order valence-electron chi connectivity index (χ2n) is 8.55. The Kier molecular flexibility index (Phi) is 12.2. The van der Waals surface area contributed by atoms with Gasteiger partial charge in [-0.05, 0) is 43.5 Å². The van der Waals surface area contributed by atoms with Crippen molar-refractivity contribution in [3.63, 3.8) is 0 Å². The van der Waals surface area contributed by atoms with Gasteiger partial charge in [0.25, 0.3) is 0 Å². The normalized spacial score (nSPS) is 17.5. The molecule has 3 rings (SSSR count). The molecule has 1 aromatic rings. The van der Waals surface area contributed by atoms with Crippen molar-refractivity contribution < 1.29 is 14.3 Å². The van der Waals surface area contributed by atoms with Gasteiger partial charge < -0.3 is 24.6 Å². The Bertz CT molecular complexity index is 687. The van der Waals surface area contributed by atoms with Gasteiger partial charge in [-0.3, -0.25) is 4.79 Å². The van der Waals surface area contributed by atoms with Crippen LogP contribution in [-0.4, -0.2) is 70.4 Å². The maximum absolute atomic E-state index is 11.3. The number of methoxy groups -OCH3 is 2. The Morgan fingerprint density at radius 2 is 1.78 bits per heavy atom. The van der Waals surface area contributed by atoms with Gasteiger partial charge in [-0.15, -0.1) is 0 Å². The lowest BCUT2D eigenvalue weighted by Gasteiger charge is -2.36. The maximum atomic E-state index is 11.3. The second kappa shape index (κ2) is 14.6. The number of piperazine rings is 1. The van der Waals surface area contributed by atoms with Crippen LogP contribution in [0.2, 0.25) is 5.02 Å². The number of hydrogen-bond acceptors (Lipinski definition) is 5. The van der Waals surface area contributed by atoms with E-state index in [1.165, 1.54) is 24.8 Å². The number of amides is 1. The topological polar surface area (TPSA) is 54.0 Å². The van der Waals surface area contributed by atoms with Crippen LogP contribution in [0.3, 0.4) is 0 Å². The number of rotatable bonds is 8. The molecule has 2 aliphatic rings. The van der Waals surface area contributed by atoms with Crippen molar-refractivity contribution in [1.82, 2.24) is 10.2 Å². The first-order valence-electron chi connectivity index (χ1n) is 12.1. The van der Waals surface area contributed by atoms with Crippen molar-refractivity contribution in [2.24, 2.45) is 0 Å². The SMILES string of the molecule is CCc1cc(Cl)c(OC)c(N2CCN(CC)CC2)c1.COCCC(=O)NC1CCCCC1. The minimum atomic E-state index is 0.133. The molecule has 182 valence electrons. The summed E-state index contributed by atoms with van der Waals surface area (Å²) in [6.07, 6.45) is 7.63. The monoisotopic (exact) mass is 467 g/mol. The van der Waals surface area contributed by atoms with Crippen molar-refractivity contribution >= 4 is 23.2 Å². The molecule has 7 heteroatoms. The number of nitrogens with zero attached hydrogens (tertiary/aromatic N) is 2. The predicted molar refractivity (Wildman–Crippen MR) is 133 cm³/mol. The third-order valence-electron chi connectivity index (χ3n) is 6.36. The van der Waals surface area contributed by atoms with E-state index in [2.05, 4.69) is 35.0 Å². The number of carbonyl (C=O) groups excluding carboxylic acids is 1. The Labute approximate surface area is 199 Å². The van der Waals surface area contributed by atoms with Crippen molar-refractivity contribution in [2.45, 2.75) is 64.8 Å². The molecular weight excluding hydrogens is 426 g/mol. The number of benzene rings is 1. The number of ether oxygens (including phenoxy) is 2. The molecule has 2 fully saturated rings. The molecule has 6 nitrogen and oxygen atoms in total. The molecule has 0 unspecified atom stereocenters. The lowest BCUT2D eigenvalue weighted by atomic mass is 9.95. The third-order valence-corrected chi connectivity index (χ3v) is 6.64. The highest BCUT2D eigenvalue weighted by molar-refractivity contribution is 6.32. The van der Waals surface area contributed by atoms with Gasteiger partial charge in [-0.25, -0.2) is 0 Å². The zero-order valence-corrected chi connectivity index (χ0v) is 21.2. The number of nitrogens with one attached hydrogen (secondary N) is 1. The van der Waals surface area contributed by atoms with Gasteiger partial charge in [0.05, 0.1) is 24.4 Å². The average Bonchev–Trinajstić information content (AvgIpc) is 2.83. The highest BCUT2D eigenvalue weighted by Gasteiger charge is 2.21. The molecule has 0 aromatic heterocycles. The molecule has 32 heavy (non-hydrogen) atoms. The fraction of sp³-hybridized carbons (Fsp3) is 0.720. The predicted octanol–water partition coefficient (Wildman–Crippen LogP) is 4.52. The van der Waals surface area contributed by atoms with E-state index in [4.69, 9.17) is 21.1 Å². The van der Waals surface area contributed by atoms with Gasteiger partial charge in [0.15, 0.2) is 5.75 Å². The smallest absolute Gasteiger partial charge is 0.222 e. The molecule has 1 saturated carbocycles. The van der Waals surface area contributed by atoms with E-state index in [0.29, 0.717) is 19.1 Å². The van der Waals surface area contributed by atoms with E-state index in [1.807, 2.05) is 6.07 Å². The van der Waals surface area contributed by atoms with Gasteiger partial charge in [-0.2, -0.15) is 0 Å². The summed E-state index contributed by atoms with van der Waals surface area (Å²) in [5.74, 6) is 0.942. The van der Waals surface area contributed by atoms with Crippen LogP contribution in [0.1, 0.15) is 57.9 Å². The van der Waals surface area contributed by atoms with Gasteiger partial charge in [0.2, 0.25) is 5.91 Å². The van der Waals surface area contributed by atoms with Crippen LogP contribution in [0.25, 0.3) is 0 Å². The molecule has 1 amide bonds. The number of halogens is 1. The molecule has 0 atom stereocenters. The van der Waals surface area contributed by atoms with Crippen LogP contribution in [0.5, 0.6) is 5.75 Å². The summed E-state index contributed by atoms with van der Waals surface area (Å²) in [6, 6.07) is 4.65. The second-order valence-corrected chi connectivity index (χ2v) is 8.96. The van der Waals surface area contributed by atoms with Gasteiger partial charge in [-0.1, -0.05) is 44.7 Å². The summed E-state index contributed by atoms with van der Waals surface area (Å²) in [7, 11) is 3.31. The number of aryl methyl sites for hydroxylation is 1. The lowest BCUT2D eigenvalue weighted by Crippen LogP contribution is -2.46. The molecule has 0 bridgehead atoms. The van der Waals surface area contributed by atoms with Crippen LogP contribution in [0, 0.1) is 0 Å². The van der Waals surface area contributed by atoms with Crippen LogP contribution < -0.4 is 15.0 Å². The van der Waals surface area contributed by atoms with Gasteiger partial charge >= 0.3 is 0 Å². The minimum Gasteiger partial charge on any atom is -0.493 e. The number of likely N-dealkylation sites (N-methyl/N-ethyl adjacent to an activating group) is 1. The molecule has 1 aliphatic heterocycles. The summed E-state index contributed by atoms with van der Waals surface area (Å²) in [5, 5.41) is 3.75. The fourth-order valence-electron chi connectivity index (χ4n) is 4.32. The van der Waals surface area contributed by atoms with E-state index in [9.17, 15) is 4.79 Å². The zero-order chi connectivity index (χ0) is 23.3. The summed E-state index contributed by atoms with van der Waals surface area (Å²) in [6.45, 7) is 10.3. The molecule has 1 N–H and O–H groups in total. The van der Waals surface area contributed by atoms with Crippen LogP contribution in [0.15, 0.2) is 12.1 Å². The summed E-state index contributed by atoms with van der Waals surface area (Å²) < 4.78 is 10.3. The fourth-order valence-corrected chi connectivity index (χ4v) is 4.64. The first-order valence-corrected chi connectivity index (χ1v) is 12.5. The lowest BCUT2D eigenvalue weighted by molar-refractivity contribution is -0.122. The van der Waals surface area contributed by atoms with Crippen LogP contribution in [0.4, 0.5) is 5.69 Å². The Balaban J connectivity index is 0.000000244. The standard InChI is InChI=1S/C15H23ClN2O.C10H19NO2/c1-4-12-10-13(16)15(19-3)14(11-12)18-8-6-17(5-2)7-9-18;1-13-8-7-10(12)11-9-5-3-2-4-6-9/h10-11H,4-9H2,1-3H3;9H,2-8H2,1H3,(H,11,12). The van der Waals surface area contributed by atoms with E-state index < -0.39 is 0 Å². The van der Waals surface area contributed by atoms with E-state index in [-0.39, 0.29) is 5.91 Å². The van der Waals surface area contributed by atoms with E-state index in [1.54, 1.807) is 14.2 Å². The molecule has 1 heterocycles. The first-order chi connectivity index (χ1) is 15.5. The third kappa shape index (κ3) is 8.45. The highest BCUT2D eigenvalue weighted by atomic mass is 35.5. The summed E-state index contributed by atoms with van der Waals surface area (Å²) in [5.41, 5.74) is 2.40. The molecule has 1 aliphatic carbocycles. The van der Waals surface area contributed by atoms with Crippen molar-refractivity contribution in [3.05, 3.63) is 22.7 Å². The van der Waals surface area contributed by atoms with Crippen molar-refractivity contribution in [2.75, 3.05) is 58.5 Å². The maximum Gasteiger partial charge on any atom is 0.222 e. The number of carbonyl (C=O) groups is 1. The molecule has 0 spiro atoms. The quantitative estimate of drug-likeness (QED) is 0.609. The Morgan fingerprint density at radius 3 is 2.34 bits per heavy atom. The molecule has 1 saturated heterocycles. The Hall–Kier alpha value is -1.50. The number of hydrogen-bond donors (Lipinski definition) is 1. The Morgan fingerprint density at radius 1 is 1.09 bits per heavy atom. The van der Waals surface area contributed by atoms with E-state index in [0.717, 1.165) is 68.4 Å². The largest absolute Gasteiger partial charge is 0.493 e. The summed E-state index contributed by atoms with van der Waals surface area (Å²) in [4.78, 5) is 16.1. The van der Waals surface area contributed by atoms with Crippen molar-refractivity contribution in [1.29, 1.82) is 0 Å². The van der Waals surface area contributed by atoms with E-state index >= 15 is 0 Å². The van der Waals surface area contributed by atoms with Crippen LogP contribution >= 0.6 is 11.6 Å². The minimum absolute atomic E-state index is 0.133. The van der Waals surface area contributed by atoms with Gasteiger partial charge in [0, 0.05) is 45.8 Å². The summed E-state index contributed by atoms with van der Waals surface area (Å²) >= 11 is 6.33. The average molecular weight is 468 g/mol. The first kappa shape index (κ1) is 26.7. The zero-order valence-electron chi connectivity index (χ0n) is 20.4.